The number of nitriles is 8. The topological polar surface area (TPSA) is 325 Å². The number of nitrogens with one attached hydrogen (secondary N) is 1. The van der Waals surface area contributed by atoms with Crippen molar-refractivity contribution in [2.75, 3.05) is 0 Å². The van der Waals surface area contributed by atoms with E-state index in [9.17, 15) is 42.1 Å². The molecule has 0 amide bonds. The molecule has 0 unspecified atom stereocenters. The zero-order valence-electron chi connectivity index (χ0n) is 42.8. The van der Waals surface area contributed by atoms with Crippen molar-refractivity contribution in [1.29, 1.82) is 42.1 Å². The predicted molar refractivity (Wildman–Crippen MR) is 299 cm³/mol. The summed E-state index contributed by atoms with van der Waals surface area (Å²) in [6, 6.07) is 57.1. The first-order valence-electron chi connectivity index (χ1n) is 25.0. The Balaban J connectivity index is 1.21. The molecule has 20 heteroatoms. The monoisotopic (exact) mass is 1080 g/mol. The van der Waals surface area contributed by atoms with Crippen LogP contribution in [0.15, 0.2) is 152 Å². The fraction of sp³-hybridized carbons (Fsp3) is 0. The lowest BCUT2D eigenvalue weighted by atomic mass is 10.1. The molecule has 8 aromatic carbocycles. The van der Waals surface area contributed by atoms with Gasteiger partial charge in [-0.15, -0.1) is 4.73 Å². The van der Waals surface area contributed by atoms with Crippen molar-refractivity contribution in [3.8, 4) is 134 Å². The first-order chi connectivity index (χ1) is 41.2. The van der Waals surface area contributed by atoms with Gasteiger partial charge in [0.1, 0.15) is 52.8 Å². The molecule has 13 rings (SSSR count). The molecule has 0 saturated heterocycles. The van der Waals surface area contributed by atoms with Crippen molar-refractivity contribution < 1.29 is 19.0 Å². The van der Waals surface area contributed by atoms with Crippen LogP contribution < -0.4 is 19.0 Å². The number of hydrogen-bond donors (Lipinski definition) is 1. The molecule has 8 bridgehead atoms. The Hall–Kier alpha value is -13.8. The third kappa shape index (κ3) is 8.44. The Kier molecular flexibility index (Phi) is 12.0. The van der Waals surface area contributed by atoms with E-state index in [1.54, 1.807) is 12.1 Å². The Morgan fingerprint density at radius 3 is 1.15 bits per heavy atom. The molecule has 11 aromatic rings. The SMILES string of the molecule is N#Cc1ccc(Oc2cc3c4nc5nc(nc6c7ccccc7c(nc7nc(nc([nH]4)c3c(Oc3ccc(C#N)cc3C#N)c2Oc2ccc(C#N)cc2C#N)-c2ccccc2-7)n6Oc2ccc(C#N)cc2C#N)-c2ccccc2-5)c(C#N)c1. The molecule has 0 saturated carbocycles. The molecule has 2 aliphatic heterocycles. The van der Waals surface area contributed by atoms with E-state index >= 15 is 0 Å². The average molecular weight is 1080 g/mol. The normalized spacial score (nSPS) is 10.8. The molecule has 386 valence electrons. The molecule has 5 heterocycles. The number of rotatable bonds is 8. The van der Waals surface area contributed by atoms with Gasteiger partial charge in [0, 0.05) is 38.4 Å². The van der Waals surface area contributed by atoms with Crippen LogP contribution in [0.2, 0.25) is 0 Å². The number of fused-ring (bicyclic) bond motifs is 20. The van der Waals surface area contributed by atoms with E-state index < -0.39 is 0 Å². The van der Waals surface area contributed by atoms with Gasteiger partial charge in [-0.05, 0) is 78.9 Å². The summed E-state index contributed by atoms with van der Waals surface area (Å²) < 4.78 is 21.7. The summed E-state index contributed by atoms with van der Waals surface area (Å²) in [4.78, 5) is 41.2. The molecule has 2 aliphatic rings. The number of nitrogens with zero attached hydrogens (tertiary/aromatic N) is 15. The van der Waals surface area contributed by atoms with Crippen molar-refractivity contribution in [1.82, 2.24) is 39.6 Å². The number of H-pyrrole nitrogens is 1. The quantitative estimate of drug-likeness (QED) is 0.148. The summed E-state index contributed by atoms with van der Waals surface area (Å²) >= 11 is 0. The largest absolute Gasteiger partial charge is 0.452 e. The Bertz CT molecular complexity index is 5300. The molecule has 0 aliphatic carbocycles. The molecular weight excluding hydrogens is 1060 g/mol. The lowest BCUT2D eigenvalue weighted by molar-refractivity contribution is 0.237. The maximum absolute atomic E-state index is 10.6. The van der Waals surface area contributed by atoms with Gasteiger partial charge in [0.2, 0.25) is 5.75 Å². The van der Waals surface area contributed by atoms with Crippen LogP contribution in [0.3, 0.4) is 0 Å². The van der Waals surface area contributed by atoms with Crippen LogP contribution in [-0.4, -0.2) is 39.6 Å². The van der Waals surface area contributed by atoms with E-state index in [0.717, 1.165) is 0 Å². The van der Waals surface area contributed by atoms with Gasteiger partial charge in [-0.2, -0.15) is 42.1 Å². The number of ether oxygens (including phenoxy) is 3. The summed E-state index contributed by atoms with van der Waals surface area (Å²) in [5, 5.41) is 82.7. The molecule has 0 atom stereocenters. The highest BCUT2D eigenvalue weighted by atomic mass is 16.7. The second-order valence-corrected chi connectivity index (χ2v) is 18.5. The minimum absolute atomic E-state index is 0.0292. The number of aromatic nitrogens is 8. The first-order valence-corrected chi connectivity index (χ1v) is 25.0. The molecule has 3 aromatic heterocycles. The summed E-state index contributed by atoms with van der Waals surface area (Å²) in [6.45, 7) is 0. The first kappa shape index (κ1) is 49.8. The lowest BCUT2D eigenvalue weighted by Gasteiger charge is -2.19. The van der Waals surface area contributed by atoms with Gasteiger partial charge < -0.3 is 24.0 Å². The Labute approximate surface area is 473 Å². The highest BCUT2D eigenvalue weighted by Crippen LogP contribution is 2.52. The van der Waals surface area contributed by atoms with E-state index in [4.69, 9.17) is 49.0 Å². The third-order valence-electron chi connectivity index (χ3n) is 13.6. The van der Waals surface area contributed by atoms with Crippen LogP contribution in [-0.2, 0) is 0 Å². The molecule has 20 nitrogen and oxygen atoms in total. The van der Waals surface area contributed by atoms with Crippen molar-refractivity contribution in [2.45, 2.75) is 0 Å². The van der Waals surface area contributed by atoms with Gasteiger partial charge in [-0.3, -0.25) is 0 Å². The summed E-state index contributed by atoms with van der Waals surface area (Å²) in [7, 11) is 0. The number of aromatic amines is 1. The van der Waals surface area contributed by atoms with Crippen LogP contribution in [0.25, 0.3) is 89.7 Å². The van der Waals surface area contributed by atoms with Crippen LogP contribution >= 0.6 is 0 Å². The van der Waals surface area contributed by atoms with E-state index in [0.29, 0.717) is 33.0 Å². The maximum atomic E-state index is 10.6. The van der Waals surface area contributed by atoms with Gasteiger partial charge in [-0.25, -0.2) is 29.9 Å². The number of hydrogen-bond acceptors (Lipinski definition) is 18. The van der Waals surface area contributed by atoms with Gasteiger partial charge in [-0.1, -0.05) is 72.8 Å². The predicted octanol–water partition coefficient (Wildman–Crippen LogP) is 12.5. The van der Waals surface area contributed by atoms with Crippen LogP contribution in [0.5, 0.6) is 40.2 Å². The molecule has 0 spiro atoms. The molecule has 84 heavy (non-hydrogen) atoms. The lowest BCUT2D eigenvalue weighted by Crippen LogP contribution is -2.08. The highest BCUT2D eigenvalue weighted by molar-refractivity contribution is 6.11. The van der Waals surface area contributed by atoms with Crippen LogP contribution in [0, 0.1) is 90.6 Å². The minimum atomic E-state index is -0.239. The van der Waals surface area contributed by atoms with Crippen LogP contribution in [0.4, 0.5) is 0 Å². The Morgan fingerprint density at radius 1 is 0.333 bits per heavy atom. The van der Waals surface area contributed by atoms with E-state index in [-0.39, 0.29) is 141 Å². The molecule has 1 N–H and O–H groups in total. The van der Waals surface area contributed by atoms with E-state index in [1.165, 1.54) is 77.5 Å². The summed E-state index contributed by atoms with van der Waals surface area (Å²) in [5.41, 5.74) is 3.40. The van der Waals surface area contributed by atoms with Gasteiger partial charge in [0.25, 0.3) is 0 Å². The summed E-state index contributed by atoms with van der Waals surface area (Å²) in [5.74, 6) is 0.0429. The van der Waals surface area contributed by atoms with E-state index in [1.807, 2.05) is 84.9 Å². The van der Waals surface area contributed by atoms with Crippen molar-refractivity contribution in [3.63, 3.8) is 0 Å². The highest BCUT2D eigenvalue weighted by Gasteiger charge is 2.30. The fourth-order valence-electron chi connectivity index (χ4n) is 9.68. The van der Waals surface area contributed by atoms with Crippen LogP contribution in [0.1, 0.15) is 44.5 Å². The van der Waals surface area contributed by atoms with Crippen molar-refractivity contribution in [2.24, 2.45) is 0 Å². The third-order valence-corrected chi connectivity index (χ3v) is 13.6. The van der Waals surface area contributed by atoms with Crippen molar-refractivity contribution in [3.05, 3.63) is 196 Å². The smallest absolute Gasteiger partial charge is 0.213 e. The minimum Gasteiger partial charge on any atom is -0.452 e. The zero-order chi connectivity index (χ0) is 57.6. The second-order valence-electron chi connectivity index (χ2n) is 18.5. The standard InChI is InChI=1S/C64H26N16O4/c65-26-34-13-17-49(38(21-34)30-69)81-53-25-48-54(56(83-51-19-15-36(28-67)23-40(51)32-71)55(53)82-50-18-14-35(27-66)22-39(50)31-70)62-76-58-43-8-2-4-10-45(43)60(74-58)79-64-47-12-6-5-11-46(47)63(80(64)84-52-20-16-37(29-68)24-41(52)33-72)78-59-44-9-3-1-7-42(44)57(73-59)75-61(48)77-62/h1-25H,(H,73,74,75,76,77,78,79). The molecule has 0 fully saturated rings. The molecular formula is C64H26N16O4. The zero-order valence-corrected chi connectivity index (χ0v) is 42.8. The Morgan fingerprint density at radius 2 is 0.714 bits per heavy atom. The maximum Gasteiger partial charge on any atom is 0.213 e. The number of benzene rings is 8. The molecule has 0 radical (unpaired) electrons. The van der Waals surface area contributed by atoms with Gasteiger partial charge in [0.15, 0.2) is 51.8 Å². The average Bonchev–Trinajstić information content (AvgIpc) is 3.88. The van der Waals surface area contributed by atoms with Gasteiger partial charge in [0.05, 0.1) is 74.2 Å². The van der Waals surface area contributed by atoms with Crippen molar-refractivity contribution >= 4 is 44.1 Å². The van der Waals surface area contributed by atoms with E-state index in [2.05, 4.69) is 35.3 Å². The fourth-order valence-corrected chi connectivity index (χ4v) is 9.68. The second kappa shape index (κ2) is 20.2. The van der Waals surface area contributed by atoms with Gasteiger partial charge >= 0.3 is 0 Å². The summed E-state index contributed by atoms with van der Waals surface area (Å²) in [6.07, 6.45) is 0.